The predicted octanol–water partition coefficient (Wildman–Crippen LogP) is 5.21. The molecule has 0 saturated carbocycles. The summed E-state index contributed by atoms with van der Waals surface area (Å²) in [6.45, 7) is 10.6. The van der Waals surface area contributed by atoms with Crippen LogP contribution in [-0.4, -0.2) is 59.2 Å². The van der Waals surface area contributed by atoms with E-state index in [1.54, 1.807) is 38.4 Å². The van der Waals surface area contributed by atoms with Crippen molar-refractivity contribution in [3.8, 4) is 28.5 Å². The Kier molecular flexibility index (Phi) is 6.54. The molecule has 0 aliphatic carbocycles. The van der Waals surface area contributed by atoms with E-state index >= 15 is 4.39 Å². The first-order valence-electron chi connectivity index (χ1n) is 11.8. The zero-order chi connectivity index (χ0) is 26.1. The Morgan fingerprint density at radius 1 is 1.19 bits per heavy atom. The molecule has 1 saturated heterocycles. The van der Waals surface area contributed by atoms with Crippen molar-refractivity contribution in [3.63, 3.8) is 0 Å². The zero-order valence-corrected chi connectivity index (χ0v) is 20.6. The van der Waals surface area contributed by atoms with Crippen LogP contribution in [0, 0.1) is 19.3 Å². The standard InChI is InChI=1S/C27H24FN5O4/c1-15-11-16(27(34)33(3)4)13-31-24(15)22-12-20-25(37-22)23(18(28)14-30-20)19-5-6-21(26(29-2)32-19)36-17-7-9-35-10-8-17/h5-6,11-14,17H,7-10H2,1,3-4H3. The molecule has 0 bridgehead atoms. The Hall–Kier alpha value is -4.36. The summed E-state index contributed by atoms with van der Waals surface area (Å²) < 4.78 is 32.5. The van der Waals surface area contributed by atoms with Gasteiger partial charge in [-0.3, -0.25) is 9.78 Å². The summed E-state index contributed by atoms with van der Waals surface area (Å²) in [5.74, 6) is -0.0294. The lowest BCUT2D eigenvalue weighted by Crippen LogP contribution is -2.25. The second kappa shape index (κ2) is 9.95. The first kappa shape index (κ1) is 24.3. The molecule has 0 aromatic carbocycles. The van der Waals surface area contributed by atoms with Crippen molar-refractivity contribution in [2.45, 2.75) is 25.9 Å². The average molecular weight is 502 g/mol. The molecule has 4 aromatic rings. The van der Waals surface area contributed by atoms with Crippen LogP contribution < -0.4 is 4.74 Å². The normalized spacial score (nSPS) is 13.9. The molecule has 4 aromatic heterocycles. The third kappa shape index (κ3) is 4.73. The first-order chi connectivity index (χ1) is 17.9. The molecule has 0 unspecified atom stereocenters. The van der Waals surface area contributed by atoms with Crippen molar-refractivity contribution < 1.29 is 23.1 Å². The van der Waals surface area contributed by atoms with Gasteiger partial charge in [-0.1, -0.05) is 6.57 Å². The highest BCUT2D eigenvalue weighted by molar-refractivity contribution is 5.95. The number of ether oxygens (including phenoxy) is 2. The maximum Gasteiger partial charge on any atom is 0.312 e. The highest BCUT2D eigenvalue weighted by Crippen LogP contribution is 2.38. The van der Waals surface area contributed by atoms with Gasteiger partial charge in [0.2, 0.25) is 0 Å². The summed E-state index contributed by atoms with van der Waals surface area (Å²) in [7, 11) is 3.34. The topological polar surface area (TPSA) is 94.9 Å². The van der Waals surface area contributed by atoms with Crippen LogP contribution in [0.5, 0.6) is 5.75 Å². The van der Waals surface area contributed by atoms with Crippen molar-refractivity contribution in [2.75, 3.05) is 27.3 Å². The van der Waals surface area contributed by atoms with Gasteiger partial charge >= 0.3 is 5.82 Å². The highest BCUT2D eigenvalue weighted by Gasteiger charge is 2.24. The van der Waals surface area contributed by atoms with Crippen molar-refractivity contribution in [2.24, 2.45) is 0 Å². The van der Waals surface area contributed by atoms with Crippen LogP contribution in [0.3, 0.4) is 0 Å². The van der Waals surface area contributed by atoms with Crippen LogP contribution >= 0.6 is 0 Å². The molecular weight excluding hydrogens is 477 g/mol. The van der Waals surface area contributed by atoms with E-state index in [0.717, 1.165) is 24.6 Å². The van der Waals surface area contributed by atoms with E-state index in [2.05, 4.69) is 19.8 Å². The van der Waals surface area contributed by atoms with E-state index in [1.165, 1.54) is 11.1 Å². The molecule has 5 heterocycles. The summed E-state index contributed by atoms with van der Waals surface area (Å²) in [6, 6.07) is 6.63. The number of halogens is 1. The van der Waals surface area contributed by atoms with Gasteiger partial charge in [-0.25, -0.2) is 9.37 Å². The Bertz CT molecular complexity index is 1540. The molecule has 1 aliphatic rings. The van der Waals surface area contributed by atoms with Gasteiger partial charge in [-0.05, 0) is 30.7 Å². The minimum absolute atomic E-state index is 0.0405. The van der Waals surface area contributed by atoms with Gasteiger partial charge in [0.25, 0.3) is 5.91 Å². The van der Waals surface area contributed by atoms with Gasteiger partial charge in [0.15, 0.2) is 22.9 Å². The van der Waals surface area contributed by atoms with E-state index in [-0.39, 0.29) is 34.7 Å². The minimum Gasteiger partial charge on any atom is -0.499 e. The number of carbonyl (C=O) groups excluding carboxylic acids is 1. The Morgan fingerprint density at radius 3 is 2.68 bits per heavy atom. The molecule has 5 rings (SSSR count). The van der Waals surface area contributed by atoms with E-state index in [9.17, 15) is 4.79 Å². The number of aryl methyl sites for hydroxylation is 1. The summed E-state index contributed by atoms with van der Waals surface area (Å²) in [5, 5.41) is 0. The summed E-state index contributed by atoms with van der Waals surface area (Å²) in [6.07, 6.45) is 3.97. The maximum absolute atomic E-state index is 15.1. The van der Waals surface area contributed by atoms with E-state index in [1.807, 2.05) is 6.92 Å². The molecule has 10 heteroatoms. The first-order valence-corrected chi connectivity index (χ1v) is 11.8. The molecule has 0 N–H and O–H groups in total. The molecule has 37 heavy (non-hydrogen) atoms. The number of fused-ring (bicyclic) bond motifs is 1. The lowest BCUT2D eigenvalue weighted by molar-refractivity contribution is 0.0258. The average Bonchev–Trinajstić information content (AvgIpc) is 3.33. The molecule has 9 nitrogen and oxygen atoms in total. The van der Waals surface area contributed by atoms with Gasteiger partial charge < -0.3 is 23.6 Å². The fraction of sp³-hybridized carbons (Fsp3) is 0.296. The van der Waals surface area contributed by atoms with Crippen LogP contribution in [-0.2, 0) is 4.74 Å². The largest absolute Gasteiger partial charge is 0.499 e. The molecule has 188 valence electrons. The van der Waals surface area contributed by atoms with Crippen LogP contribution in [0.25, 0.3) is 38.7 Å². The van der Waals surface area contributed by atoms with Gasteiger partial charge in [-0.2, -0.15) is 0 Å². The molecular formula is C27H24FN5O4. The summed E-state index contributed by atoms with van der Waals surface area (Å²) in [4.78, 5) is 30.2. The van der Waals surface area contributed by atoms with Crippen molar-refractivity contribution in [1.82, 2.24) is 19.9 Å². The summed E-state index contributed by atoms with van der Waals surface area (Å²) in [5.41, 5.74) is 2.60. The van der Waals surface area contributed by atoms with Crippen molar-refractivity contribution in [3.05, 3.63) is 65.0 Å². The number of rotatable bonds is 5. The fourth-order valence-electron chi connectivity index (χ4n) is 4.24. The van der Waals surface area contributed by atoms with Gasteiger partial charge in [-0.15, -0.1) is 4.98 Å². The number of hydrogen-bond acceptors (Lipinski definition) is 7. The van der Waals surface area contributed by atoms with E-state index in [4.69, 9.17) is 20.5 Å². The molecule has 1 fully saturated rings. The number of aromatic nitrogens is 3. The lowest BCUT2D eigenvalue weighted by atomic mass is 10.1. The second-order valence-corrected chi connectivity index (χ2v) is 8.95. The number of amides is 1. The summed E-state index contributed by atoms with van der Waals surface area (Å²) >= 11 is 0. The second-order valence-electron chi connectivity index (χ2n) is 8.95. The van der Waals surface area contributed by atoms with Crippen molar-refractivity contribution in [1.29, 1.82) is 0 Å². The SMILES string of the molecule is [C-]#[N+]c1nc(-c2c(F)cnc3cc(-c4ncc(C(=O)N(C)C)cc4C)oc23)ccc1OC1CCOCC1. The minimum atomic E-state index is -0.633. The molecule has 0 atom stereocenters. The number of pyridine rings is 3. The molecule has 1 amide bonds. The van der Waals surface area contributed by atoms with Crippen LogP contribution in [0.15, 0.2) is 41.1 Å². The third-order valence-corrected chi connectivity index (χ3v) is 6.12. The number of nitrogens with zero attached hydrogens (tertiary/aromatic N) is 5. The fourth-order valence-corrected chi connectivity index (χ4v) is 4.24. The van der Waals surface area contributed by atoms with Gasteiger partial charge in [0.1, 0.15) is 28.6 Å². The van der Waals surface area contributed by atoms with Crippen LogP contribution in [0.4, 0.5) is 10.2 Å². The van der Waals surface area contributed by atoms with E-state index in [0.29, 0.717) is 41.5 Å². The van der Waals surface area contributed by atoms with Crippen molar-refractivity contribution >= 4 is 22.8 Å². The Labute approximate surface area is 212 Å². The number of carbonyl (C=O) groups is 1. The van der Waals surface area contributed by atoms with Crippen LogP contribution in [0.2, 0.25) is 0 Å². The Morgan fingerprint density at radius 2 is 1.97 bits per heavy atom. The number of furan rings is 1. The smallest absolute Gasteiger partial charge is 0.312 e. The Balaban J connectivity index is 1.53. The van der Waals surface area contributed by atoms with E-state index < -0.39 is 5.82 Å². The third-order valence-electron chi connectivity index (χ3n) is 6.12. The lowest BCUT2D eigenvalue weighted by Gasteiger charge is -2.23. The maximum atomic E-state index is 15.1. The molecule has 0 radical (unpaired) electrons. The predicted molar refractivity (Wildman–Crippen MR) is 134 cm³/mol. The van der Waals surface area contributed by atoms with Crippen LogP contribution in [0.1, 0.15) is 28.8 Å². The molecule has 0 spiro atoms. The zero-order valence-electron chi connectivity index (χ0n) is 20.6. The highest BCUT2D eigenvalue weighted by atomic mass is 19.1. The van der Waals surface area contributed by atoms with Gasteiger partial charge in [0.05, 0.1) is 25.0 Å². The monoisotopic (exact) mass is 501 g/mol. The van der Waals surface area contributed by atoms with Gasteiger partial charge in [0, 0.05) is 39.2 Å². The number of hydrogen-bond donors (Lipinski definition) is 0. The quantitative estimate of drug-likeness (QED) is 0.347. The molecule has 1 aliphatic heterocycles.